The maximum atomic E-state index is 13.1. The van der Waals surface area contributed by atoms with Crippen molar-refractivity contribution in [2.45, 2.75) is 25.8 Å². The highest BCUT2D eigenvalue weighted by Crippen LogP contribution is 2.19. The van der Waals surface area contributed by atoms with Gasteiger partial charge in [0.15, 0.2) is 0 Å². The van der Waals surface area contributed by atoms with Crippen LogP contribution >= 0.6 is 11.6 Å². The number of imidazole rings is 1. The lowest BCUT2D eigenvalue weighted by Crippen LogP contribution is -2.01. The van der Waals surface area contributed by atoms with Crippen LogP contribution in [-0.4, -0.2) is 9.55 Å². The molecule has 0 radical (unpaired) electrons. The van der Waals surface area contributed by atoms with Crippen molar-refractivity contribution in [1.82, 2.24) is 9.55 Å². The summed E-state index contributed by atoms with van der Waals surface area (Å²) in [6.07, 6.45) is 0.978. The Morgan fingerprint density at radius 1 is 1.47 bits per heavy atom. The van der Waals surface area contributed by atoms with E-state index in [0.29, 0.717) is 5.88 Å². The summed E-state index contributed by atoms with van der Waals surface area (Å²) in [5.41, 5.74) is 1.63. The zero-order chi connectivity index (χ0) is 10.8. The topological polar surface area (TPSA) is 17.8 Å². The van der Waals surface area contributed by atoms with E-state index in [2.05, 4.69) is 11.9 Å². The van der Waals surface area contributed by atoms with Crippen LogP contribution in [0.5, 0.6) is 0 Å². The molecular formula is C11H12ClFN2. The number of nitrogens with zero attached hydrogens (tertiary/aromatic N) is 2. The minimum absolute atomic E-state index is 0.235. The third-order valence-electron chi connectivity index (χ3n) is 2.36. The lowest BCUT2D eigenvalue weighted by atomic mass is 10.3. The zero-order valence-electron chi connectivity index (χ0n) is 8.50. The van der Waals surface area contributed by atoms with Gasteiger partial charge in [-0.2, -0.15) is 0 Å². The molecule has 0 aliphatic heterocycles. The Morgan fingerprint density at radius 2 is 2.27 bits per heavy atom. The molecule has 0 unspecified atom stereocenters. The van der Waals surface area contributed by atoms with Crippen molar-refractivity contribution in [2.24, 2.45) is 0 Å². The Bertz CT molecular complexity index is 479. The molecule has 0 spiro atoms. The first-order valence-corrected chi connectivity index (χ1v) is 5.50. The van der Waals surface area contributed by atoms with E-state index in [4.69, 9.17) is 11.6 Å². The number of benzene rings is 1. The maximum absolute atomic E-state index is 13.1. The molecule has 1 heterocycles. The second-order valence-electron chi connectivity index (χ2n) is 3.45. The van der Waals surface area contributed by atoms with Crippen molar-refractivity contribution in [1.29, 1.82) is 0 Å². The van der Waals surface area contributed by atoms with E-state index in [1.165, 1.54) is 12.1 Å². The van der Waals surface area contributed by atoms with E-state index in [-0.39, 0.29) is 5.82 Å². The highest BCUT2D eigenvalue weighted by Gasteiger charge is 2.09. The normalized spacial score (nSPS) is 11.1. The summed E-state index contributed by atoms with van der Waals surface area (Å²) in [6.45, 7) is 2.89. The lowest BCUT2D eigenvalue weighted by Gasteiger charge is -2.04. The molecule has 0 saturated carbocycles. The Balaban J connectivity index is 2.65. The van der Waals surface area contributed by atoms with Crippen molar-refractivity contribution in [3.63, 3.8) is 0 Å². The average molecular weight is 227 g/mol. The van der Waals surface area contributed by atoms with Crippen molar-refractivity contribution < 1.29 is 4.39 Å². The first kappa shape index (κ1) is 10.4. The monoisotopic (exact) mass is 226 g/mol. The number of fused-ring (bicyclic) bond motifs is 1. The molecule has 1 aromatic carbocycles. The predicted molar refractivity (Wildman–Crippen MR) is 59.5 cm³/mol. The highest BCUT2D eigenvalue weighted by molar-refractivity contribution is 6.16. The minimum Gasteiger partial charge on any atom is -0.327 e. The number of rotatable bonds is 3. The number of hydrogen-bond acceptors (Lipinski definition) is 1. The second kappa shape index (κ2) is 4.19. The van der Waals surface area contributed by atoms with E-state index in [9.17, 15) is 4.39 Å². The summed E-state index contributed by atoms with van der Waals surface area (Å²) in [4.78, 5) is 4.36. The molecular weight excluding hydrogens is 215 g/mol. The number of aromatic nitrogens is 2. The smallest absolute Gasteiger partial charge is 0.125 e. The van der Waals surface area contributed by atoms with Gasteiger partial charge in [-0.05, 0) is 24.6 Å². The minimum atomic E-state index is -0.235. The molecule has 80 valence electrons. The van der Waals surface area contributed by atoms with Crippen LogP contribution in [0.25, 0.3) is 11.0 Å². The number of aryl methyl sites for hydroxylation is 1. The van der Waals surface area contributed by atoms with Gasteiger partial charge in [0.2, 0.25) is 0 Å². The molecule has 0 atom stereocenters. The van der Waals surface area contributed by atoms with Crippen molar-refractivity contribution in [3.05, 3.63) is 29.8 Å². The van der Waals surface area contributed by atoms with E-state index < -0.39 is 0 Å². The first-order valence-electron chi connectivity index (χ1n) is 4.97. The second-order valence-corrected chi connectivity index (χ2v) is 3.71. The summed E-state index contributed by atoms with van der Waals surface area (Å²) < 4.78 is 15.1. The summed E-state index contributed by atoms with van der Waals surface area (Å²) >= 11 is 5.80. The van der Waals surface area contributed by atoms with Crippen molar-refractivity contribution in [3.8, 4) is 0 Å². The van der Waals surface area contributed by atoms with Gasteiger partial charge in [-0.15, -0.1) is 11.6 Å². The van der Waals surface area contributed by atoms with Gasteiger partial charge < -0.3 is 4.57 Å². The number of halogens is 2. The van der Waals surface area contributed by atoms with Gasteiger partial charge in [0.05, 0.1) is 16.9 Å². The molecule has 0 fully saturated rings. The Hall–Kier alpha value is -1.09. The zero-order valence-corrected chi connectivity index (χ0v) is 9.26. The predicted octanol–water partition coefficient (Wildman–Crippen LogP) is 3.32. The summed E-state index contributed by atoms with van der Waals surface area (Å²) in [5, 5.41) is 0. The van der Waals surface area contributed by atoms with Crippen molar-refractivity contribution in [2.75, 3.05) is 0 Å². The average Bonchev–Trinajstić information content (AvgIpc) is 2.57. The summed E-state index contributed by atoms with van der Waals surface area (Å²) in [5.74, 6) is 0.927. The molecule has 2 nitrogen and oxygen atoms in total. The van der Waals surface area contributed by atoms with Crippen LogP contribution in [0.3, 0.4) is 0 Å². The third kappa shape index (κ3) is 1.84. The molecule has 0 amide bonds. The highest BCUT2D eigenvalue weighted by atomic mass is 35.5. The maximum Gasteiger partial charge on any atom is 0.125 e. The van der Waals surface area contributed by atoms with E-state index in [1.807, 2.05) is 4.57 Å². The fourth-order valence-electron chi connectivity index (χ4n) is 1.72. The molecule has 0 saturated heterocycles. The summed E-state index contributed by atoms with van der Waals surface area (Å²) in [7, 11) is 0. The Labute approximate surface area is 92.7 Å². The van der Waals surface area contributed by atoms with Gasteiger partial charge in [0, 0.05) is 6.54 Å². The molecule has 2 aromatic rings. The molecule has 0 aliphatic rings. The number of alkyl halides is 1. The number of hydrogen-bond donors (Lipinski definition) is 0. The largest absolute Gasteiger partial charge is 0.327 e. The van der Waals surface area contributed by atoms with E-state index in [0.717, 1.165) is 29.8 Å². The van der Waals surface area contributed by atoms with Crippen LogP contribution in [0.15, 0.2) is 18.2 Å². The van der Waals surface area contributed by atoms with E-state index >= 15 is 0 Å². The molecule has 0 aliphatic carbocycles. The van der Waals surface area contributed by atoms with E-state index in [1.54, 1.807) is 6.07 Å². The molecule has 0 bridgehead atoms. The van der Waals surface area contributed by atoms with Gasteiger partial charge in [-0.3, -0.25) is 0 Å². The van der Waals surface area contributed by atoms with Crippen LogP contribution in [-0.2, 0) is 12.4 Å². The standard InChI is InChI=1S/C11H12ClFN2/c1-2-5-15-10-6-8(13)3-4-9(10)14-11(15)7-12/h3-4,6H,2,5,7H2,1H3. The van der Waals surface area contributed by atoms with Crippen LogP contribution in [0, 0.1) is 5.82 Å². The molecule has 2 rings (SSSR count). The van der Waals surface area contributed by atoms with Gasteiger partial charge >= 0.3 is 0 Å². The Kier molecular flexibility index (Phi) is 2.91. The van der Waals surface area contributed by atoms with Gasteiger partial charge in [-0.25, -0.2) is 9.37 Å². The summed E-state index contributed by atoms with van der Waals surface area (Å²) in [6, 6.07) is 4.62. The SMILES string of the molecule is CCCn1c(CCl)nc2ccc(F)cc21. The van der Waals surface area contributed by atoms with Crippen LogP contribution in [0.2, 0.25) is 0 Å². The van der Waals surface area contributed by atoms with Gasteiger partial charge in [0.1, 0.15) is 11.6 Å². The molecule has 0 N–H and O–H groups in total. The van der Waals surface area contributed by atoms with Crippen LogP contribution in [0.4, 0.5) is 4.39 Å². The third-order valence-corrected chi connectivity index (χ3v) is 2.60. The fraction of sp³-hybridized carbons (Fsp3) is 0.364. The molecule has 4 heteroatoms. The Morgan fingerprint density at radius 3 is 2.93 bits per heavy atom. The van der Waals surface area contributed by atoms with Crippen LogP contribution < -0.4 is 0 Å². The van der Waals surface area contributed by atoms with Gasteiger partial charge in [0.25, 0.3) is 0 Å². The molecule has 15 heavy (non-hydrogen) atoms. The lowest BCUT2D eigenvalue weighted by molar-refractivity contribution is 0.625. The quantitative estimate of drug-likeness (QED) is 0.735. The molecule has 1 aromatic heterocycles. The van der Waals surface area contributed by atoms with Crippen molar-refractivity contribution >= 4 is 22.6 Å². The fourth-order valence-corrected chi connectivity index (χ4v) is 1.92. The first-order chi connectivity index (χ1) is 7.26. The van der Waals surface area contributed by atoms with Gasteiger partial charge in [-0.1, -0.05) is 6.92 Å². The van der Waals surface area contributed by atoms with Crippen LogP contribution in [0.1, 0.15) is 19.2 Å².